The molecule has 0 saturated carbocycles. The molecule has 1 aromatic rings. The van der Waals surface area contributed by atoms with Gasteiger partial charge in [-0.2, -0.15) is 0 Å². The molecule has 0 fully saturated rings. The molecule has 0 aromatic heterocycles. The van der Waals surface area contributed by atoms with E-state index < -0.39 is 23.3 Å². The molecule has 0 radical (unpaired) electrons. The number of benzene rings is 1. The van der Waals surface area contributed by atoms with Gasteiger partial charge in [0.15, 0.2) is 0 Å². The summed E-state index contributed by atoms with van der Waals surface area (Å²) in [7, 11) is 0. The monoisotopic (exact) mass is 261 g/mol. The van der Waals surface area contributed by atoms with Crippen molar-refractivity contribution in [2.24, 2.45) is 0 Å². The van der Waals surface area contributed by atoms with Gasteiger partial charge < -0.3 is 20.6 Å². The average Bonchev–Trinajstić information content (AvgIpc) is 2.38. The Hall–Kier alpha value is -1.08. The smallest absolute Gasteiger partial charge is 0.129 e. The SMILES string of the molecule is CC(CO)(CO)NCC(O)c1cc(F)ccc1F. The van der Waals surface area contributed by atoms with E-state index in [1.54, 1.807) is 6.92 Å². The lowest BCUT2D eigenvalue weighted by Gasteiger charge is -2.27. The topological polar surface area (TPSA) is 72.7 Å². The van der Waals surface area contributed by atoms with E-state index >= 15 is 0 Å². The second-order valence-corrected chi connectivity index (χ2v) is 4.44. The second kappa shape index (κ2) is 6.19. The number of hydrogen-bond donors (Lipinski definition) is 4. The van der Waals surface area contributed by atoms with Crippen LogP contribution >= 0.6 is 0 Å². The van der Waals surface area contributed by atoms with Crippen LogP contribution in [0.5, 0.6) is 0 Å². The first-order valence-electron chi connectivity index (χ1n) is 5.51. The van der Waals surface area contributed by atoms with E-state index in [0.717, 1.165) is 18.2 Å². The zero-order valence-electron chi connectivity index (χ0n) is 10.0. The van der Waals surface area contributed by atoms with Gasteiger partial charge in [0.2, 0.25) is 0 Å². The third-order valence-electron chi connectivity index (χ3n) is 2.74. The van der Waals surface area contributed by atoms with Gasteiger partial charge in [-0.1, -0.05) is 0 Å². The van der Waals surface area contributed by atoms with Crippen LogP contribution in [0.4, 0.5) is 8.78 Å². The number of rotatable bonds is 6. The summed E-state index contributed by atoms with van der Waals surface area (Å²) in [5.74, 6) is -1.35. The van der Waals surface area contributed by atoms with Gasteiger partial charge in [0.1, 0.15) is 11.6 Å². The Labute approximate surface area is 104 Å². The van der Waals surface area contributed by atoms with Crippen molar-refractivity contribution in [3.63, 3.8) is 0 Å². The molecule has 102 valence electrons. The summed E-state index contributed by atoms with van der Waals surface area (Å²) in [5, 5.41) is 30.5. The second-order valence-electron chi connectivity index (χ2n) is 4.44. The fourth-order valence-corrected chi connectivity index (χ4v) is 1.38. The number of nitrogens with one attached hydrogen (secondary N) is 1. The van der Waals surface area contributed by atoms with Gasteiger partial charge in [0, 0.05) is 12.1 Å². The zero-order chi connectivity index (χ0) is 13.8. The number of hydrogen-bond acceptors (Lipinski definition) is 4. The minimum Gasteiger partial charge on any atom is -0.394 e. The quantitative estimate of drug-likeness (QED) is 0.595. The molecule has 4 nitrogen and oxygen atoms in total. The van der Waals surface area contributed by atoms with Gasteiger partial charge >= 0.3 is 0 Å². The maximum atomic E-state index is 13.4. The van der Waals surface area contributed by atoms with Crippen molar-refractivity contribution in [1.82, 2.24) is 5.32 Å². The van der Waals surface area contributed by atoms with Crippen molar-refractivity contribution in [2.45, 2.75) is 18.6 Å². The molecule has 0 heterocycles. The van der Waals surface area contributed by atoms with Crippen molar-refractivity contribution < 1.29 is 24.1 Å². The van der Waals surface area contributed by atoms with Crippen molar-refractivity contribution in [2.75, 3.05) is 19.8 Å². The van der Waals surface area contributed by atoms with Gasteiger partial charge in [0.25, 0.3) is 0 Å². The van der Waals surface area contributed by atoms with E-state index in [1.807, 2.05) is 0 Å². The standard InChI is InChI=1S/C12H17F2NO3/c1-12(6-16,7-17)15-5-11(18)9-4-8(13)2-3-10(9)14/h2-4,11,15-18H,5-7H2,1H3. The lowest BCUT2D eigenvalue weighted by molar-refractivity contribution is 0.0837. The number of halogens is 2. The highest BCUT2D eigenvalue weighted by Gasteiger charge is 2.23. The Morgan fingerprint density at radius 3 is 2.44 bits per heavy atom. The molecule has 6 heteroatoms. The fraction of sp³-hybridized carbons (Fsp3) is 0.500. The fourth-order valence-electron chi connectivity index (χ4n) is 1.38. The molecule has 18 heavy (non-hydrogen) atoms. The first-order valence-corrected chi connectivity index (χ1v) is 5.51. The minimum absolute atomic E-state index is 0.113. The van der Waals surface area contributed by atoms with Crippen molar-refractivity contribution in [1.29, 1.82) is 0 Å². The molecule has 1 atom stereocenters. The summed E-state index contributed by atoms with van der Waals surface area (Å²) in [6.07, 6.45) is -1.27. The average molecular weight is 261 g/mol. The molecule has 0 aliphatic carbocycles. The molecule has 1 aromatic carbocycles. The van der Waals surface area contributed by atoms with Crippen molar-refractivity contribution >= 4 is 0 Å². The van der Waals surface area contributed by atoms with Gasteiger partial charge in [-0.15, -0.1) is 0 Å². The van der Waals surface area contributed by atoms with Gasteiger partial charge in [0.05, 0.1) is 24.9 Å². The summed E-state index contributed by atoms with van der Waals surface area (Å²) in [6, 6.07) is 2.81. The molecular formula is C12H17F2NO3. The first-order chi connectivity index (χ1) is 8.41. The first kappa shape index (κ1) is 15.0. The normalized spacial score (nSPS) is 13.7. The minimum atomic E-state index is -1.27. The van der Waals surface area contributed by atoms with Crippen LogP contribution in [0, 0.1) is 11.6 Å². The van der Waals surface area contributed by atoms with Gasteiger partial charge in [-0.25, -0.2) is 8.78 Å². The Balaban J connectivity index is 2.71. The van der Waals surface area contributed by atoms with E-state index in [9.17, 15) is 13.9 Å². The summed E-state index contributed by atoms with van der Waals surface area (Å²) < 4.78 is 26.3. The highest BCUT2D eigenvalue weighted by Crippen LogP contribution is 2.18. The van der Waals surface area contributed by atoms with E-state index in [1.165, 1.54) is 0 Å². The number of β-amino-alcohol motifs (C(OH)–C–C–N with tert-alkyl or cyclic N) is 1. The van der Waals surface area contributed by atoms with Crippen LogP contribution < -0.4 is 5.32 Å². The lowest BCUT2D eigenvalue weighted by atomic mass is 10.0. The predicted molar refractivity (Wildman–Crippen MR) is 61.9 cm³/mol. The lowest BCUT2D eigenvalue weighted by Crippen LogP contribution is -2.50. The van der Waals surface area contributed by atoms with Crippen LogP contribution in [0.15, 0.2) is 18.2 Å². The van der Waals surface area contributed by atoms with E-state index in [2.05, 4.69) is 5.32 Å². The van der Waals surface area contributed by atoms with Crippen LogP contribution in [0.1, 0.15) is 18.6 Å². The van der Waals surface area contributed by atoms with E-state index in [-0.39, 0.29) is 25.3 Å². The molecular weight excluding hydrogens is 244 g/mol. The largest absolute Gasteiger partial charge is 0.394 e. The molecule has 0 aliphatic heterocycles. The molecule has 1 unspecified atom stereocenters. The molecule has 0 spiro atoms. The Morgan fingerprint density at radius 1 is 1.28 bits per heavy atom. The molecule has 0 amide bonds. The van der Waals surface area contributed by atoms with E-state index in [4.69, 9.17) is 10.2 Å². The van der Waals surface area contributed by atoms with Gasteiger partial charge in [-0.3, -0.25) is 0 Å². The van der Waals surface area contributed by atoms with E-state index in [0.29, 0.717) is 0 Å². The molecule has 4 N–H and O–H groups in total. The van der Waals surface area contributed by atoms with Gasteiger partial charge in [-0.05, 0) is 25.1 Å². The maximum absolute atomic E-state index is 13.4. The van der Waals surface area contributed by atoms with Crippen molar-refractivity contribution in [3.8, 4) is 0 Å². The maximum Gasteiger partial charge on any atom is 0.129 e. The summed E-state index contributed by atoms with van der Waals surface area (Å²) >= 11 is 0. The van der Waals surface area contributed by atoms with Crippen LogP contribution in [0.3, 0.4) is 0 Å². The molecule has 0 aliphatic rings. The summed E-state index contributed by atoms with van der Waals surface area (Å²) in [4.78, 5) is 0. The summed E-state index contributed by atoms with van der Waals surface area (Å²) in [5.41, 5.74) is -1.15. The highest BCUT2D eigenvalue weighted by molar-refractivity contribution is 5.21. The molecule has 1 rings (SSSR count). The Morgan fingerprint density at radius 2 is 1.89 bits per heavy atom. The number of aliphatic hydroxyl groups excluding tert-OH is 3. The molecule has 0 bridgehead atoms. The predicted octanol–water partition coefficient (Wildman–Crippen LogP) is 0.331. The van der Waals surface area contributed by atoms with Crippen LogP contribution in [0.25, 0.3) is 0 Å². The summed E-state index contributed by atoms with van der Waals surface area (Å²) in [6.45, 7) is 0.739. The highest BCUT2D eigenvalue weighted by atomic mass is 19.1. The third kappa shape index (κ3) is 3.71. The van der Waals surface area contributed by atoms with Crippen LogP contribution in [-0.4, -0.2) is 40.6 Å². The molecule has 0 saturated heterocycles. The number of aliphatic hydroxyl groups is 3. The zero-order valence-corrected chi connectivity index (χ0v) is 10.0. The third-order valence-corrected chi connectivity index (χ3v) is 2.74. The van der Waals surface area contributed by atoms with Crippen molar-refractivity contribution in [3.05, 3.63) is 35.4 Å². The van der Waals surface area contributed by atoms with Crippen LogP contribution in [0.2, 0.25) is 0 Å². The Kier molecular flexibility index (Phi) is 5.15. The Bertz CT molecular complexity index is 397. The van der Waals surface area contributed by atoms with Crippen LogP contribution in [-0.2, 0) is 0 Å².